The predicted molar refractivity (Wildman–Crippen MR) is 117 cm³/mol. The van der Waals surface area contributed by atoms with Gasteiger partial charge in [0.25, 0.3) is 0 Å². The number of imidazole rings is 1. The molecule has 0 bridgehead atoms. The minimum atomic E-state index is -1.000. The molecule has 0 saturated heterocycles. The Hall–Kier alpha value is -3.43. The molecule has 0 unspecified atom stereocenters. The Morgan fingerprint density at radius 2 is 1.91 bits per heavy atom. The minimum Gasteiger partial charge on any atom is -0.496 e. The molecule has 1 N–H and O–H groups in total. The number of anilines is 1. The highest BCUT2D eigenvalue weighted by Gasteiger charge is 2.20. The molecule has 0 aliphatic heterocycles. The molecular formula is C22H27F2N5O3. The summed E-state index contributed by atoms with van der Waals surface area (Å²) in [6.07, 6.45) is 0.945. The van der Waals surface area contributed by atoms with E-state index in [0.29, 0.717) is 35.8 Å². The number of hydrogen-bond acceptors (Lipinski definition) is 6. The van der Waals surface area contributed by atoms with Crippen LogP contribution in [0, 0.1) is 11.6 Å². The van der Waals surface area contributed by atoms with Crippen LogP contribution in [0.15, 0.2) is 30.5 Å². The Kier molecular flexibility index (Phi) is 7.12. The van der Waals surface area contributed by atoms with Gasteiger partial charge in [-0.2, -0.15) is 0 Å². The number of amides is 1. The molecule has 32 heavy (non-hydrogen) atoms. The second-order valence-corrected chi connectivity index (χ2v) is 7.75. The van der Waals surface area contributed by atoms with E-state index in [9.17, 15) is 13.6 Å². The van der Waals surface area contributed by atoms with Crippen molar-refractivity contribution in [1.29, 1.82) is 0 Å². The molecule has 0 saturated carbocycles. The average molecular weight is 447 g/mol. The maximum absolute atomic E-state index is 13.9. The first-order valence-corrected chi connectivity index (χ1v) is 10.3. The lowest BCUT2D eigenvalue weighted by Gasteiger charge is -2.27. The van der Waals surface area contributed by atoms with Gasteiger partial charge in [-0.3, -0.25) is 0 Å². The Morgan fingerprint density at radius 3 is 2.56 bits per heavy atom. The summed E-state index contributed by atoms with van der Waals surface area (Å²) in [4.78, 5) is 18.2. The van der Waals surface area contributed by atoms with Gasteiger partial charge >= 0.3 is 6.09 Å². The second kappa shape index (κ2) is 9.80. The molecule has 3 aromatic rings. The van der Waals surface area contributed by atoms with Crippen LogP contribution in [0.5, 0.6) is 5.75 Å². The molecule has 0 atom stereocenters. The number of halogens is 2. The van der Waals surface area contributed by atoms with Crippen molar-refractivity contribution < 1.29 is 23.0 Å². The molecule has 1 amide bonds. The van der Waals surface area contributed by atoms with Crippen molar-refractivity contribution in [1.82, 2.24) is 19.5 Å². The van der Waals surface area contributed by atoms with Gasteiger partial charge in [0.1, 0.15) is 11.6 Å². The number of methoxy groups -OCH3 is 1. The van der Waals surface area contributed by atoms with Crippen LogP contribution in [0.4, 0.5) is 19.4 Å². The van der Waals surface area contributed by atoms with Gasteiger partial charge < -0.3 is 19.7 Å². The van der Waals surface area contributed by atoms with Crippen molar-refractivity contribution in [2.45, 2.75) is 39.8 Å². The van der Waals surface area contributed by atoms with Gasteiger partial charge in [-0.05, 0) is 45.9 Å². The maximum atomic E-state index is 13.9. The van der Waals surface area contributed by atoms with Crippen molar-refractivity contribution in [2.75, 3.05) is 25.5 Å². The van der Waals surface area contributed by atoms with E-state index in [1.54, 1.807) is 30.9 Å². The van der Waals surface area contributed by atoms with Crippen LogP contribution in [0.25, 0.3) is 16.9 Å². The third-order valence-corrected chi connectivity index (χ3v) is 4.73. The highest BCUT2D eigenvalue weighted by Crippen LogP contribution is 2.32. The number of carbonyl (C=O) groups excluding carboxylic acids is 1. The number of nitrogens with one attached hydrogen (secondary N) is 1. The zero-order valence-electron chi connectivity index (χ0n) is 18.7. The SMILES string of the molecule is COc1cc(F)c(F)cc1-c1cnc2ccc(NCCN(C(=O)OC(C)C)C(C)C)nn12. The van der Waals surface area contributed by atoms with Crippen molar-refractivity contribution in [3.8, 4) is 17.0 Å². The minimum absolute atomic E-state index is 0.0282. The first-order chi connectivity index (χ1) is 15.2. The fourth-order valence-corrected chi connectivity index (χ4v) is 3.18. The number of nitrogens with zero attached hydrogens (tertiary/aromatic N) is 4. The van der Waals surface area contributed by atoms with E-state index >= 15 is 0 Å². The Balaban J connectivity index is 1.81. The van der Waals surface area contributed by atoms with Crippen LogP contribution in [0.1, 0.15) is 27.7 Å². The molecule has 0 radical (unpaired) electrons. The van der Waals surface area contributed by atoms with Gasteiger partial charge in [0.05, 0.1) is 25.1 Å². The summed E-state index contributed by atoms with van der Waals surface area (Å²) < 4.78 is 39.5. The zero-order valence-corrected chi connectivity index (χ0v) is 18.7. The van der Waals surface area contributed by atoms with Gasteiger partial charge in [0.2, 0.25) is 0 Å². The molecule has 0 spiro atoms. The van der Waals surface area contributed by atoms with E-state index < -0.39 is 11.6 Å². The average Bonchev–Trinajstić information content (AvgIpc) is 3.15. The molecule has 0 aliphatic rings. The van der Waals surface area contributed by atoms with E-state index in [4.69, 9.17) is 9.47 Å². The molecule has 0 aliphatic carbocycles. The van der Waals surface area contributed by atoms with Gasteiger partial charge in [-0.1, -0.05) is 0 Å². The summed E-state index contributed by atoms with van der Waals surface area (Å²) >= 11 is 0. The summed E-state index contributed by atoms with van der Waals surface area (Å²) in [5, 5.41) is 7.68. The predicted octanol–water partition coefficient (Wildman–Crippen LogP) is 4.35. The lowest BCUT2D eigenvalue weighted by atomic mass is 10.1. The number of hydrogen-bond donors (Lipinski definition) is 1. The summed E-state index contributed by atoms with van der Waals surface area (Å²) in [5.74, 6) is -1.30. The van der Waals surface area contributed by atoms with E-state index in [2.05, 4.69) is 15.4 Å². The monoisotopic (exact) mass is 447 g/mol. The standard InChI is InChI=1S/C22H27F2N5O3/c1-13(2)28(22(30)32-14(3)4)9-8-25-20-6-7-21-26-12-18(29(21)27-20)15-10-16(23)17(24)11-19(15)31-5/h6-7,10-14H,8-9H2,1-5H3,(H,25,27). The first-order valence-electron chi connectivity index (χ1n) is 10.3. The second-order valence-electron chi connectivity index (χ2n) is 7.75. The topological polar surface area (TPSA) is 81.0 Å². The van der Waals surface area contributed by atoms with Gasteiger partial charge in [-0.15, -0.1) is 5.10 Å². The first kappa shape index (κ1) is 23.2. The Morgan fingerprint density at radius 1 is 1.19 bits per heavy atom. The van der Waals surface area contributed by atoms with Gasteiger partial charge in [0, 0.05) is 30.8 Å². The van der Waals surface area contributed by atoms with Crippen LogP contribution in [0.2, 0.25) is 0 Å². The molecule has 2 aromatic heterocycles. The molecule has 0 fully saturated rings. The third kappa shape index (κ3) is 5.06. The maximum Gasteiger partial charge on any atom is 0.410 e. The lowest BCUT2D eigenvalue weighted by Crippen LogP contribution is -2.41. The number of ether oxygens (including phenoxy) is 2. The number of carbonyl (C=O) groups is 1. The van der Waals surface area contributed by atoms with Crippen molar-refractivity contribution in [3.05, 3.63) is 42.1 Å². The van der Waals surface area contributed by atoms with E-state index in [0.717, 1.165) is 12.1 Å². The number of benzene rings is 1. The summed E-state index contributed by atoms with van der Waals surface area (Å²) in [6, 6.07) is 5.52. The molecule has 2 heterocycles. The van der Waals surface area contributed by atoms with Gasteiger partial charge in [0.15, 0.2) is 17.3 Å². The molecule has 8 nitrogen and oxygen atoms in total. The van der Waals surface area contributed by atoms with Crippen molar-refractivity contribution >= 4 is 17.6 Å². The quantitative estimate of drug-likeness (QED) is 0.553. The fourth-order valence-electron chi connectivity index (χ4n) is 3.18. The Labute approximate surface area is 185 Å². The summed E-state index contributed by atoms with van der Waals surface area (Å²) in [6.45, 7) is 8.29. The van der Waals surface area contributed by atoms with E-state index in [1.165, 1.54) is 17.8 Å². The van der Waals surface area contributed by atoms with Crippen LogP contribution in [-0.4, -0.2) is 57.9 Å². The zero-order chi connectivity index (χ0) is 23.4. The number of fused-ring (bicyclic) bond motifs is 1. The fraction of sp³-hybridized carbons (Fsp3) is 0.409. The third-order valence-electron chi connectivity index (χ3n) is 4.73. The summed E-state index contributed by atoms with van der Waals surface area (Å²) in [7, 11) is 1.38. The molecule has 10 heteroatoms. The smallest absolute Gasteiger partial charge is 0.410 e. The van der Waals surface area contributed by atoms with Crippen LogP contribution in [0.3, 0.4) is 0 Å². The van der Waals surface area contributed by atoms with Crippen LogP contribution in [-0.2, 0) is 4.74 Å². The highest BCUT2D eigenvalue weighted by molar-refractivity contribution is 5.70. The highest BCUT2D eigenvalue weighted by atomic mass is 19.2. The van der Waals surface area contributed by atoms with E-state index in [-0.39, 0.29) is 24.0 Å². The van der Waals surface area contributed by atoms with Crippen LogP contribution < -0.4 is 10.1 Å². The Bertz CT molecular complexity index is 1100. The molecule has 172 valence electrons. The molecule has 3 rings (SSSR count). The van der Waals surface area contributed by atoms with Gasteiger partial charge in [-0.25, -0.2) is 23.1 Å². The number of aromatic nitrogens is 3. The van der Waals surface area contributed by atoms with Crippen molar-refractivity contribution in [2.24, 2.45) is 0 Å². The van der Waals surface area contributed by atoms with Crippen molar-refractivity contribution in [3.63, 3.8) is 0 Å². The normalized spacial score (nSPS) is 11.3. The number of rotatable bonds is 8. The largest absolute Gasteiger partial charge is 0.496 e. The molecular weight excluding hydrogens is 420 g/mol. The summed E-state index contributed by atoms with van der Waals surface area (Å²) in [5.41, 5.74) is 1.30. The van der Waals surface area contributed by atoms with Crippen LogP contribution >= 0.6 is 0 Å². The molecule has 1 aromatic carbocycles. The van der Waals surface area contributed by atoms with E-state index in [1.807, 2.05) is 13.8 Å². The lowest BCUT2D eigenvalue weighted by molar-refractivity contribution is 0.0693.